The average Bonchev–Trinajstić information content (AvgIpc) is 2.99. The number of hydrogen-bond donors (Lipinski definition) is 2. The van der Waals surface area contributed by atoms with E-state index in [0.29, 0.717) is 18.1 Å². The monoisotopic (exact) mass is 572 g/mol. The molecule has 218 valence electrons. The third kappa shape index (κ3) is 7.49. The topological polar surface area (TPSA) is 83.8 Å². The first-order valence-electron chi connectivity index (χ1n) is 14.7. The fourth-order valence-corrected chi connectivity index (χ4v) is 5.59. The van der Waals surface area contributed by atoms with Crippen LogP contribution in [-0.2, 0) is 28.9 Å². The van der Waals surface area contributed by atoms with Crippen LogP contribution >= 0.6 is 0 Å². The fourth-order valence-electron chi connectivity index (χ4n) is 5.59. The SMILES string of the molecule is CC(C)Cc1cc(-c2ccc(-c3ccc(CCC(=O)O)cc3)cc2Cc2cccc3ccccc23)ccc1OCC(=O)O. The van der Waals surface area contributed by atoms with E-state index in [0.717, 1.165) is 46.2 Å². The van der Waals surface area contributed by atoms with Gasteiger partial charge in [-0.15, -0.1) is 0 Å². The van der Waals surface area contributed by atoms with Gasteiger partial charge in [-0.2, -0.15) is 0 Å². The quantitative estimate of drug-likeness (QED) is 0.157. The number of carboxylic acids is 2. The largest absolute Gasteiger partial charge is 0.482 e. The van der Waals surface area contributed by atoms with Gasteiger partial charge in [0, 0.05) is 6.42 Å². The molecule has 0 aromatic heterocycles. The highest BCUT2D eigenvalue weighted by atomic mass is 16.5. The molecule has 5 aromatic carbocycles. The van der Waals surface area contributed by atoms with E-state index in [-0.39, 0.29) is 13.0 Å². The summed E-state index contributed by atoms with van der Waals surface area (Å²) in [6.45, 7) is 3.91. The lowest BCUT2D eigenvalue weighted by Crippen LogP contribution is -2.11. The molecule has 0 aliphatic heterocycles. The van der Waals surface area contributed by atoms with Crippen LogP contribution in [0.2, 0.25) is 0 Å². The lowest BCUT2D eigenvalue weighted by molar-refractivity contribution is -0.139. The molecule has 0 amide bonds. The standard InChI is InChI=1S/C38H36O5/c1-25(2)20-33-23-31(16-18-36(33)43-24-38(41)42)35-17-15-29(27-13-10-26(11-14-27)12-19-37(39)40)21-32(35)22-30-8-5-7-28-6-3-4-9-34(28)30/h3-11,13-18,21,23,25H,12,19-20,22,24H2,1-2H3,(H,39,40)(H,41,42). The highest BCUT2D eigenvalue weighted by Gasteiger charge is 2.15. The Kier molecular flexibility index (Phi) is 9.21. The maximum atomic E-state index is 11.2. The zero-order chi connectivity index (χ0) is 30.3. The molecule has 0 unspecified atom stereocenters. The first-order valence-corrected chi connectivity index (χ1v) is 14.7. The number of ether oxygens (including phenoxy) is 1. The van der Waals surface area contributed by atoms with Gasteiger partial charge >= 0.3 is 11.9 Å². The summed E-state index contributed by atoms with van der Waals surface area (Å²) < 4.78 is 5.65. The second kappa shape index (κ2) is 13.4. The molecule has 0 aliphatic carbocycles. The molecule has 5 heteroatoms. The number of carboxylic acid groups (broad SMARTS) is 2. The minimum Gasteiger partial charge on any atom is -0.482 e. The van der Waals surface area contributed by atoms with E-state index < -0.39 is 11.9 Å². The van der Waals surface area contributed by atoms with Crippen molar-refractivity contribution in [2.75, 3.05) is 6.61 Å². The van der Waals surface area contributed by atoms with E-state index in [1.807, 2.05) is 24.3 Å². The van der Waals surface area contributed by atoms with Crippen molar-refractivity contribution in [1.82, 2.24) is 0 Å². The van der Waals surface area contributed by atoms with Gasteiger partial charge in [-0.25, -0.2) is 4.79 Å². The molecule has 0 spiro atoms. The molecule has 2 N–H and O–H groups in total. The zero-order valence-corrected chi connectivity index (χ0v) is 24.5. The summed E-state index contributed by atoms with van der Waals surface area (Å²) in [5, 5.41) is 20.6. The van der Waals surface area contributed by atoms with Gasteiger partial charge in [-0.3, -0.25) is 4.79 Å². The molecule has 0 heterocycles. The van der Waals surface area contributed by atoms with Crippen molar-refractivity contribution >= 4 is 22.7 Å². The molecular weight excluding hydrogens is 536 g/mol. The number of fused-ring (bicyclic) bond motifs is 1. The van der Waals surface area contributed by atoms with Crippen molar-refractivity contribution in [1.29, 1.82) is 0 Å². The summed E-state index contributed by atoms with van der Waals surface area (Å²) in [6, 6.07) is 35.6. The van der Waals surface area contributed by atoms with Gasteiger partial charge in [0.2, 0.25) is 0 Å². The minimum absolute atomic E-state index is 0.113. The van der Waals surface area contributed by atoms with Crippen LogP contribution in [0.25, 0.3) is 33.0 Å². The Labute approximate surface area is 252 Å². The molecule has 0 atom stereocenters. The molecule has 5 rings (SSSR count). The Morgan fingerprint density at radius 1 is 0.698 bits per heavy atom. The van der Waals surface area contributed by atoms with Crippen LogP contribution in [0.4, 0.5) is 0 Å². The van der Waals surface area contributed by atoms with Crippen molar-refractivity contribution in [2.24, 2.45) is 5.92 Å². The van der Waals surface area contributed by atoms with Crippen LogP contribution in [0.3, 0.4) is 0 Å². The van der Waals surface area contributed by atoms with E-state index >= 15 is 0 Å². The summed E-state index contributed by atoms with van der Waals surface area (Å²) >= 11 is 0. The van der Waals surface area contributed by atoms with Crippen molar-refractivity contribution in [3.8, 4) is 28.0 Å². The van der Waals surface area contributed by atoms with Gasteiger partial charge in [0.15, 0.2) is 6.61 Å². The number of carbonyl (C=O) groups is 2. The van der Waals surface area contributed by atoms with E-state index in [2.05, 4.69) is 92.7 Å². The highest BCUT2D eigenvalue weighted by Crippen LogP contribution is 2.35. The lowest BCUT2D eigenvalue weighted by Gasteiger charge is -2.17. The van der Waals surface area contributed by atoms with E-state index in [1.54, 1.807) is 0 Å². The number of aliphatic carboxylic acids is 2. The molecule has 5 aromatic rings. The van der Waals surface area contributed by atoms with Crippen LogP contribution in [0, 0.1) is 5.92 Å². The molecule has 0 saturated heterocycles. The first kappa shape index (κ1) is 29.6. The summed E-state index contributed by atoms with van der Waals surface area (Å²) in [5.41, 5.74) is 8.75. The molecule has 5 nitrogen and oxygen atoms in total. The second-order valence-corrected chi connectivity index (χ2v) is 11.4. The van der Waals surface area contributed by atoms with Gasteiger partial charge in [0.05, 0.1) is 0 Å². The maximum absolute atomic E-state index is 11.2. The molecular formula is C38H36O5. The number of rotatable bonds is 12. The van der Waals surface area contributed by atoms with Crippen molar-refractivity contribution in [2.45, 2.75) is 39.5 Å². The first-order chi connectivity index (χ1) is 20.8. The van der Waals surface area contributed by atoms with E-state index in [4.69, 9.17) is 14.9 Å². The second-order valence-electron chi connectivity index (χ2n) is 11.4. The van der Waals surface area contributed by atoms with Crippen molar-refractivity contribution < 1.29 is 24.5 Å². The molecule has 0 radical (unpaired) electrons. The smallest absolute Gasteiger partial charge is 0.341 e. The Morgan fingerprint density at radius 3 is 2.14 bits per heavy atom. The van der Waals surface area contributed by atoms with Gasteiger partial charge in [0.1, 0.15) is 5.75 Å². The fraction of sp³-hybridized carbons (Fsp3) is 0.211. The molecule has 0 aliphatic rings. The predicted molar refractivity (Wildman–Crippen MR) is 172 cm³/mol. The third-order valence-electron chi connectivity index (χ3n) is 7.63. The molecule has 0 saturated carbocycles. The zero-order valence-electron chi connectivity index (χ0n) is 24.5. The maximum Gasteiger partial charge on any atom is 0.341 e. The highest BCUT2D eigenvalue weighted by molar-refractivity contribution is 5.86. The van der Waals surface area contributed by atoms with Gasteiger partial charge in [-0.05, 0) is 92.6 Å². The Morgan fingerprint density at radius 2 is 1.40 bits per heavy atom. The van der Waals surface area contributed by atoms with Crippen molar-refractivity contribution in [3.63, 3.8) is 0 Å². The number of aryl methyl sites for hydroxylation is 1. The molecule has 43 heavy (non-hydrogen) atoms. The van der Waals surface area contributed by atoms with Crippen LogP contribution in [-0.4, -0.2) is 28.8 Å². The van der Waals surface area contributed by atoms with Crippen molar-refractivity contribution in [3.05, 3.63) is 125 Å². The Bertz CT molecular complexity index is 1750. The van der Waals surface area contributed by atoms with Crippen LogP contribution in [0.15, 0.2) is 103 Å². The predicted octanol–water partition coefficient (Wildman–Crippen LogP) is 8.44. The molecule has 0 fully saturated rings. The summed E-state index contributed by atoms with van der Waals surface area (Å²) in [7, 11) is 0. The van der Waals surface area contributed by atoms with Crippen LogP contribution < -0.4 is 4.74 Å². The number of benzene rings is 5. The van der Waals surface area contributed by atoms with Crippen LogP contribution in [0.5, 0.6) is 5.75 Å². The van der Waals surface area contributed by atoms with Crippen LogP contribution in [0.1, 0.15) is 42.5 Å². The summed E-state index contributed by atoms with van der Waals surface area (Å²) in [4.78, 5) is 22.2. The lowest BCUT2D eigenvalue weighted by atomic mass is 9.88. The van der Waals surface area contributed by atoms with Gasteiger partial charge < -0.3 is 14.9 Å². The van der Waals surface area contributed by atoms with E-state index in [9.17, 15) is 9.59 Å². The Balaban J connectivity index is 1.58. The third-order valence-corrected chi connectivity index (χ3v) is 7.63. The summed E-state index contributed by atoms with van der Waals surface area (Å²) in [6.07, 6.45) is 2.12. The minimum atomic E-state index is -0.998. The van der Waals surface area contributed by atoms with Gasteiger partial charge in [-0.1, -0.05) is 105 Å². The Hall–Kier alpha value is -4.90. The normalized spacial score (nSPS) is 11.1. The summed E-state index contributed by atoms with van der Waals surface area (Å²) in [5.74, 6) is -0.813. The molecule has 0 bridgehead atoms. The average molecular weight is 573 g/mol. The number of hydrogen-bond acceptors (Lipinski definition) is 3. The van der Waals surface area contributed by atoms with E-state index in [1.165, 1.54) is 21.9 Å². The van der Waals surface area contributed by atoms with Gasteiger partial charge in [0.25, 0.3) is 0 Å².